The van der Waals surface area contributed by atoms with Gasteiger partial charge in [0.05, 0.1) is 12.6 Å². The molecular weight excluding hydrogens is 252 g/mol. The molecule has 5 heteroatoms. The predicted octanol–water partition coefficient (Wildman–Crippen LogP) is 1.99. The summed E-state index contributed by atoms with van der Waals surface area (Å²) >= 11 is 0. The molecule has 1 aromatic heterocycles. The van der Waals surface area contributed by atoms with Crippen molar-refractivity contribution >= 4 is 0 Å². The van der Waals surface area contributed by atoms with Crippen molar-refractivity contribution in [1.29, 1.82) is 0 Å². The summed E-state index contributed by atoms with van der Waals surface area (Å²) in [7, 11) is 0. The lowest BCUT2D eigenvalue weighted by molar-refractivity contribution is 0.0431. The second-order valence-corrected chi connectivity index (χ2v) is 6.36. The number of hydrogen-bond donors (Lipinski definition) is 2. The molecule has 0 saturated carbocycles. The molecule has 1 saturated heterocycles. The zero-order valence-electron chi connectivity index (χ0n) is 13.0. The number of aliphatic hydroxyl groups is 1. The standard InChI is InChI=1S/C15H28N4O/c1-4-14-16-15(18-17-14)10-19-7-5-12(6-8-19)13(20)9-11(2)3/h11-13,20H,4-10H2,1-3H3,(H,16,17,18)/t13-/m1/s1. The van der Waals surface area contributed by atoms with E-state index in [1.807, 2.05) is 0 Å². The molecule has 5 nitrogen and oxygen atoms in total. The highest BCUT2D eigenvalue weighted by Gasteiger charge is 2.26. The lowest BCUT2D eigenvalue weighted by Crippen LogP contribution is -2.38. The van der Waals surface area contributed by atoms with Crippen LogP contribution >= 0.6 is 0 Å². The molecule has 20 heavy (non-hydrogen) atoms. The van der Waals surface area contributed by atoms with Crippen molar-refractivity contribution in [3.05, 3.63) is 11.6 Å². The molecule has 114 valence electrons. The Bertz CT molecular complexity index is 396. The van der Waals surface area contributed by atoms with Crippen LogP contribution in [0.2, 0.25) is 0 Å². The molecule has 1 aliphatic heterocycles. The van der Waals surface area contributed by atoms with E-state index in [4.69, 9.17) is 0 Å². The Morgan fingerprint density at radius 1 is 1.35 bits per heavy atom. The van der Waals surface area contributed by atoms with Crippen LogP contribution < -0.4 is 0 Å². The monoisotopic (exact) mass is 280 g/mol. The summed E-state index contributed by atoms with van der Waals surface area (Å²) in [6.07, 6.45) is 3.84. The zero-order valence-corrected chi connectivity index (χ0v) is 13.0. The molecule has 1 aromatic rings. The molecule has 0 aliphatic carbocycles. The van der Waals surface area contributed by atoms with Crippen LogP contribution in [0.4, 0.5) is 0 Å². The fourth-order valence-corrected chi connectivity index (χ4v) is 2.95. The summed E-state index contributed by atoms with van der Waals surface area (Å²) in [6, 6.07) is 0. The number of aromatic amines is 1. The predicted molar refractivity (Wildman–Crippen MR) is 79.2 cm³/mol. The second-order valence-electron chi connectivity index (χ2n) is 6.36. The van der Waals surface area contributed by atoms with Crippen molar-refractivity contribution in [2.24, 2.45) is 11.8 Å². The van der Waals surface area contributed by atoms with Crippen molar-refractivity contribution in [2.45, 2.75) is 59.1 Å². The van der Waals surface area contributed by atoms with Crippen LogP contribution in [0.5, 0.6) is 0 Å². The number of nitrogens with zero attached hydrogens (tertiary/aromatic N) is 3. The highest BCUT2D eigenvalue weighted by atomic mass is 16.3. The van der Waals surface area contributed by atoms with Crippen LogP contribution in [-0.4, -0.2) is 44.4 Å². The first-order valence-corrected chi connectivity index (χ1v) is 7.89. The SMILES string of the molecule is CCc1n[nH]c(CN2CCC([C@H](O)CC(C)C)CC2)n1. The molecule has 0 unspecified atom stereocenters. The molecule has 1 aliphatic rings. The highest BCUT2D eigenvalue weighted by molar-refractivity contribution is 4.90. The van der Waals surface area contributed by atoms with Gasteiger partial charge in [-0.3, -0.25) is 10.00 Å². The van der Waals surface area contributed by atoms with E-state index in [-0.39, 0.29) is 6.10 Å². The number of likely N-dealkylation sites (tertiary alicyclic amines) is 1. The highest BCUT2D eigenvalue weighted by Crippen LogP contribution is 2.24. The van der Waals surface area contributed by atoms with Crippen LogP contribution in [-0.2, 0) is 13.0 Å². The first-order chi connectivity index (χ1) is 9.58. The van der Waals surface area contributed by atoms with Crippen molar-refractivity contribution in [1.82, 2.24) is 20.1 Å². The summed E-state index contributed by atoms with van der Waals surface area (Å²) in [5.41, 5.74) is 0. The third-order valence-electron chi connectivity index (χ3n) is 4.16. The van der Waals surface area contributed by atoms with E-state index in [2.05, 4.69) is 40.9 Å². The van der Waals surface area contributed by atoms with Crippen LogP contribution in [0.3, 0.4) is 0 Å². The molecule has 0 aromatic carbocycles. The quantitative estimate of drug-likeness (QED) is 0.836. The van der Waals surface area contributed by atoms with Crippen molar-refractivity contribution < 1.29 is 5.11 Å². The fourth-order valence-electron chi connectivity index (χ4n) is 2.95. The van der Waals surface area contributed by atoms with Crippen LogP contribution in [0.1, 0.15) is 51.7 Å². The molecule has 0 spiro atoms. The largest absolute Gasteiger partial charge is 0.393 e. The van der Waals surface area contributed by atoms with E-state index < -0.39 is 0 Å². The molecule has 1 fully saturated rings. The van der Waals surface area contributed by atoms with E-state index >= 15 is 0 Å². The maximum atomic E-state index is 10.2. The molecule has 2 rings (SSSR count). The third kappa shape index (κ3) is 4.28. The molecule has 0 radical (unpaired) electrons. The molecule has 2 N–H and O–H groups in total. The van der Waals surface area contributed by atoms with Gasteiger partial charge in [-0.05, 0) is 44.2 Å². The smallest absolute Gasteiger partial charge is 0.150 e. The van der Waals surface area contributed by atoms with Gasteiger partial charge < -0.3 is 5.11 Å². The Kier molecular flexibility index (Phi) is 5.54. The molecule has 2 heterocycles. The number of aryl methyl sites for hydroxylation is 1. The lowest BCUT2D eigenvalue weighted by atomic mass is 9.87. The van der Waals surface area contributed by atoms with Gasteiger partial charge in [-0.1, -0.05) is 20.8 Å². The first-order valence-electron chi connectivity index (χ1n) is 7.89. The van der Waals surface area contributed by atoms with E-state index in [9.17, 15) is 5.11 Å². The number of aromatic nitrogens is 3. The van der Waals surface area contributed by atoms with Crippen molar-refractivity contribution in [3.63, 3.8) is 0 Å². The van der Waals surface area contributed by atoms with Gasteiger partial charge in [-0.15, -0.1) is 0 Å². The maximum Gasteiger partial charge on any atom is 0.150 e. The number of hydrogen-bond acceptors (Lipinski definition) is 4. The summed E-state index contributed by atoms with van der Waals surface area (Å²) in [5, 5.41) is 17.4. The Morgan fingerprint density at radius 2 is 2.05 bits per heavy atom. The van der Waals surface area contributed by atoms with E-state index in [0.717, 1.165) is 57.0 Å². The van der Waals surface area contributed by atoms with E-state index in [0.29, 0.717) is 11.8 Å². The van der Waals surface area contributed by atoms with Gasteiger partial charge in [0.25, 0.3) is 0 Å². The average Bonchev–Trinajstić information content (AvgIpc) is 2.86. The van der Waals surface area contributed by atoms with Gasteiger partial charge in [0.15, 0.2) is 0 Å². The van der Waals surface area contributed by atoms with Crippen molar-refractivity contribution in [2.75, 3.05) is 13.1 Å². The summed E-state index contributed by atoms with van der Waals surface area (Å²) in [6.45, 7) is 9.35. The van der Waals surface area contributed by atoms with Crippen molar-refractivity contribution in [3.8, 4) is 0 Å². The lowest BCUT2D eigenvalue weighted by Gasteiger charge is -2.34. The fraction of sp³-hybridized carbons (Fsp3) is 0.867. The maximum absolute atomic E-state index is 10.2. The van der Waals surface area contributed by atoms with Crippen LogP contribution in [0.25, 0.3) is 0 Å². The summed E-state index contributed by atoms with van der Waals surface area (Å²) in [5.74, 6) is 2.89. The first kappa shape index (κ1) is 15.4. The number of nitrogens with one attached hydrogen (secondary N) is 1. The van der Waals surface area contributed by atoms with Gasteiger partial charge in [0, 0.05) is 6.42 Å². The molecule has 0 amide bonds. The minimum atomic E-state index is -0.130. The minimum absolute atomic E-state index is 0.130. The number of rotatable bonds is 6. The van der Waals surface area contributed by atoms with E-state index in [1.54, 1.807) is 0 Å². The second kappa shape index (κ2) is 7.18. The molecular formula is C15H28N4O. The Hall–Kier alpha value is -0.940. The normalized spacial score (nSPS) is 19.6. The summed E-state index contributed by atoms with van der Waals surface area (Å²) in [4.78, 5) is 6.86. The topological polar surface area (TPSA) is 65.0 Å². The number of H-pyrrole nitrogens is 1. The van der Waals surface area contributed by atoms with Gasteiger partial charge in [0.2, 0.25) is 0 Å². The van der Waals surface area contributed by atoms with Gasteiger partial charge in [-0.25, -0.2) is 4.98 Å². The molecule has 0 bridgehead atoms. The summed E-state index contributed by atoms with van der Waals surface area (Å²) < 4.78 is 0. The van der Waals surface area contributed by atoms with Crippen LogP contribution in [0, 0.1) is 11.8 Å². The molecule has 1 atom stereocenters. The van der Waals surface area contributed by atoms with E-state index in [1.165, 1.54) is 0 Å². The Labute approximate surface area is 121 Å². The Morgan fingerprint density at radius 3 is 2.60 bits per heavy atom. The number of piperidine rings is 1. The Balaban J connectivity index is 1.76. The van der Waals surface area contributed by atoms with Crippen LogP contribution in [0.15, 0.2) is 0 Å². The zero-order chi connectivity index (χ0) is 14.5. The van der Waals surface area contributed by atoms with Gasteiger partial charge in [0.1, 0.15) is 11.6 Å². The minimum Gasteiger partial charge on any atom is -0.393 e. The third-order valence-corrected chi connectivity index (χ3v) is 4.16. The van der Waals surface area contributed by atoms with Gasteiger partial charge in [-0.2, -0.15) is 5.10 Å². The number of aliphatic hydroxyl groups excluding tert-OH is 1. The van der Waals surface area contributed by atoms with Gasteiger partial charge >= 0.3 is 0 Å². The average molecular weight is 280 g/mol.